The van der Waals surface area contributed by atoms with Crippen molar-refractivity contribution in [1.29, 1.82) is 0 Å². The molecule has 0 fully saturated rings. The molecule has 0 spiro atoms. The Morgan fingerprint density at radius 2 is 2.36 bits per heavy atom. The van der Waals surface area contributed by atoms with Gasteiger partial charge in [0.15, 0.2) is 0 Å². The van der Waals surface area contributed by atoms with Gasteiger partial charge in [-0.15, -0.1) is 0 Å². The van der Waals surface area contributed by atoms with Gasteiger partial charge in [0.1, 0.15) is 5.82 Å². The van der Waals surface area contributed by atoms with E-state index in [-0.39, 0.29) is 23.6 Å². The molecule has 1 aromatic rings. The van der Waals surface area contributed by atoms with Crippen molar-refractivity contribution in [3.05, 3.63) is 28.8 Å². The lowest BCUT2D eigenvalue weighted by Crippen LogP contribution is -2.09. The number of nitrogens with zero attached hydrogens (tertiary/aromatic N) is 1. The number of carbonyl (C=O) groups is 1. The predicted molar refractivity (Wildman–Crippen MR) is 49.5 cm³/mol. The van der Waals surface area contributed by atoms with Gasteiger partial charge in [0.2, 0.25) is 0 Å². The monoisotopic (exact) mass is 217 g/mol. The van der Waals surface area contributed by atoms with Crippen LogP contribution in [0.25, 0.3) is 0 Å². The van der Waals surface area contributed by atoms with Gasteiger partial charge in [0.25, 0.3) is 0 Å². The summed E-state index contributed by atoms with van der Waals surface area (Å²) in [5, 5.41) is 0.137. The average Bonchev–Trinajstić information content (AvgIpc) is 2.12. The van der Waals surface area contributed by atoms with Gasteiger partial charge in [0.05, 0.1) is 24.2 Å². The topological polar surface area (TPSA) is 39.2 Å². The van der Waals surface area contributed by atoms with Crippen LogP contribution in [0.4, 0.5) is 4.39 Å². The van der Waals surface area contributed by atoms with Crippen LogP contribution in [0.5, 0.6) is 0 Å². The first kappa shape index (κ1) is 10.9. The summed E-state index contributed by atoms with van der Waals surface area (Å²) in [6, 6.07) is 0. The lowest BCUT2D eigenvalue weighted by Gasteiger charge is -2.04. The minimum absolute atomic E-state index is 0.125. The zero-order chi connectivity index (χ0) is 10.6. The van der Waals surface area contributed by atoms with Crippen molar-refractivity contribution in [2.75, 3.05) is 6.61 Å². The molecule has 1 rings (SSSR count). The quantitative estimate of drug-likeness (QED) is 0.727. The highest BCUT2D eigenvalue weighted by molar-refractivity contribution is 6.31. The Morgan fingerprint density at radius 3 is 2.93 bits per heavy atom. The fourth-order valence-corrected chi connectivity index (χ4v) is 1.18. The first-order chi connectivity index (χ1) is 6.65. The van der Waals surface area contributed by atoms with Gasteiger partial charge < -0.3 is 4.74 Å². The van der Waals surface area contributed by atoms with Crippen molar-refractivity contribution in [3.8, 4) is 0 Å². The summed E-state index contributed by atoms with van der Waals surface area (Å²) in [6.07, 6.45) is 2.14. The molecule has 0 saturated heterocycles. The van der Waals surface area contributed by atoms with Gasteiger partial charge >= 0.3 is 5.97 Å². The number of carbonyl (C=O) groups excluding carboxylic acids is 1. The first-order valence-corrected chi connectivity index (χ1v) is 4.46. The summed E-state index contributed by atoms with van der Waals surface area (Å²) in [4.78, 5) is 14.6. The molecule has 0 bridgehead atoms. The molecule has 76 valence electrons. The maximum Gasteiger partial charge on any atom is 0.310 e. The number of hydrogen-bond acceptors (Lipinski definition) is 3. The normalized spacial score (nSPS) is 9.93. The highest BCUT2D eigenvalue weighted by Gasteiger charge is 2.12. The molecule has 0 aromatic carbocycles. The molecule has 5 heteroatoms. The summed E-state index contributed by atoms with van der Waals surface area (Å²) in [5.74, 6) is -1.09. The Hall–Kier alpha value is -1.16. The number of ether oxygens (including phenoxy) is 1. The summed E-state index contributed by atoms with van der Waals surface area (Å²) in [5.41, 5.74) is 0.125. The molecule has 0 aliphatic rings. The molecule has 14 heavy (non-hydrogen) atoms. The number of hydrogen-bond donors (Lipinski definition) is 0. The van der Waals surface area contributed by atoms with E-state index in [1.807, 2.05) is 0 Å². The van der Waals surface area contributed by atoms with E-state index in [1.54, 1.807) is 6.92 Å². The van der Waals surface area contributed by atoms with Crippen LogP contribution < -0.4 is 0 Å². The Bertz CT molecular complexity index is 323. The van der Waals surface area contributed by atoms with Crippen molar-refractivity contribution in [1.82, 2.24) is 4.98 Å². The third-order valence-electron chi connectivity index (χ3n) is 1.58. The highest BCUT2D eigenvalue weighted by atomic mass is 35.5. The van der Waals surface area contributed by atoms with E-state index in [4.69, 9.17) is 11.6 Å². The molecule has 0 radical (unpaired) electrons. The van der Waals surface area contributed by atoms with E-state index in [0.717, 1.165) is 6.20 Å². The van der Waals surface area contributed by atoms with Crippen LogP contribution in [0.15, 0.2) is 12.4 Å². The molecular formula is C9H9ClFNO2. The third kappa shape index (κ3) is 2.67. The van der Waals surface area contributed by atoms with E-state index >= 15 is 0 Å². The molecule has 0 N–H and O–H groups in total. The third-order valence-corrected chi connectivity index (χ3v) is 1.90. The second-order valence-electron chi connectivity index (χ2n) is 2.56. The molecule has 0 amide bonds. The van der Waals surface area contributed by atoms with E-state index in [1.165, 1.54) is 6.20 Å². The van der Waals surface area contributed by atoms with Gasteiger partial charge in [-0.05, 0) is 6.92 Å². The summed E-state index contributed by atoms with van der Waals surface area (Å²) in [7, 11) is 0. The molecule has 1 aromatic heterocycles. The Balaban J connectivity index is 2.80. The van der Waals surface area contributed by atoms with Crippen LogP contribution in [0.1, 0.15) is 12.5 Å². The maximum absolute atomic E-state index is 13.1. The van der Waals surface area contributed by atoms with Gasteiger partial charge in [-0.25, -0.2) is 4.39 Å². The largest absolute Gasteiger partial charge is 0.466 e. The van der Waals surface area contributed by atoms with E-state index < -0.39 is 11.8 Å². The lowest BCUT2D eigenvalue weighted by atomic mass is 10.2. The van der Waals surface area contributed by atoms with Crippen molar-refractivity contribution in [3.63, 3.8) is 0 Å². The smallest absolute Gasteiger partial charge is 0.310 e. The fourth-order valence-electron chi connectivity index (χ4n) is 0.963. The first-order valence-electron chi connectivity index (χ1n) is 4.08. The second kappa shape index (κ2) is 4.91. The maximum atomic E-state index is 13.1. The van der Waals surface area contributed by atoms with Crippen LogP contribution in [-0.2, 0) is 16.0 Å². The van der Waals surface area contributed by atoms with Gasteiger partial charge in [0, 0.05) is 11.8 Å². The number of aromatic nitrogens is 1. The number of pyridine rings is 1. The average molecular weight is 218 g/mol. The van der Waals surface area contributed by atoms with Crippen molar-refractivity contribution in [2.45, 2.75) is 13.3 Å². The zero-order valence-corrected chi connectivity index (χ0v) is 8.34. The minimum Gasteiger partial charge on any atom is -0.466 e. The molecule has 0 saturated carbocycles. The molecule has 0 aliphatic carbocycles. The molecule has 1 heterocycles. The van der Waals surface area contributed by atoms with Crippen LogP contribution >= 0.6 is 11.6 Å². The zero-order valence-electron chi connectivity index (χ0n) is 7.59. The van der Waals surface area contributed by atoms with Crippen molar-refractivity contribution in [2.24, 2.45) is 0 Å². The Labute approximate surface area is 85.9 Å². The van der Waals surface area contributed by atoms with Gasteiger partial charge in [-0.3, -0.25) is 9.78 Å². The molecule has 0 aliphatic heterocycles. The van der Waals surface area contributed by atoms with Crippen molar-refractivity contribution < 1.29 is 13.9 Å². The molecule has 0 unspecified atom stereocenters. The second-order valence-corrected chi connectivity index (χ2v) is 2.97. The van der Waals surface area contributed by atoms with E-state index in [9.17, 15) is 9.18 Å². The molecule has 3 nitrogen and oxygen atoms in total. The Morgan fingerprint density at radius 1 is 1.64 bits per heavy atom. The fraction of sp³-hybridized carbons (Fsp3) is 0.333. The highest BCUT2D eigenvalue weighted by Crippen LogP contribution is 2.18. The van der Waals surface area contributed by atoms with Crippen LogP contribution in [0.3, 0.4) is 0 Å². The van der Waals surface area contributed by atoms with Crippen LogP contribution in [0.2, 0.25) is 5.02 Å². The Kier molecular flexibility index (Phi) is 3.83. The molecule has 0 atom stereocenters. The number of halogens is 2. The number of rotatable bonds is 3. The summed E-state index contributed by atoms with van der Waals surface area (Å²) in [6.45, 7) is 1.95. The summed E-state index contributed by atoms with van der Waals surface area (Å²) >= 11 is 5.66. The molecular weight excluding hydrogens is 209 g/mol. The van der Waals surface area contributed by atoms with E-state index in [0.29, 0.717) is 0 Å². The van der Waals surface area contributed by atoms with Crippen LogP contribution in [0, 0.1) is 5.82 Å². The van der Waals surface area contributed by atoms with Gasteiger partial charge in [-0.2, -0.15) is 0 Å². The van der Waals surface area contributed by atoms with Crippen LogP contribution in [-0.4, -0.2) is 17.6 Å². The van der Waals surface area contributed by atoms with Crippen molar-refractivity contribution >= 4 is 17.6 Å². The summed E-state index contributed by atoms with van der Waals surface area (Å²) < 4.78 is 17.8. The standard InChI is InChI=1S/C9H9ClFNO2/c1-2-14-9(13)3-6-7(10)4-12-5-8(6)11/h4-5H,2-3H2,1H3. The SMILES string of the molecule is CCOC(=O)Cc1c(F)cncc1Cl. The van der Waals surface area contributed by atoms with E-state index in [2.05, 4.69) is 9.72 Å². The number of esters is 1. The lowest BCUT2D eigenvalue weighted by molar-refractivity contribution is -0.142. The predicted octanol–water partition coefficient (Wildman–Crippen LogP) is 1.98. The minimum atomic E-state index is -0.592. The van der Waals surface area contributed by atoms with Gasteiger partial charge in [-0.1, -0.05) is 11.6 Å².